The number of ether oxygens (including phenoxy) is 3. The standard InChI is InChI=1S/C36H24F18N6O15S3/c37-31(38,39)25(55-73-76(64,65)34(46,47)48)19-1-7-22(8-2-19)70-16-13-58-28(61)59(14-17-71-23-9-3-20(4-10-23)26(32(40,41)42)56-74-77(66,67)35(49,50)51)30(63)60(29(58)62)15-18-72-24-11-5-21(6-12-24)27(33(43,44)45)57-75-78(68,69)36(52,53)54/h1-12H,13-18H2/b55-25-,56-26-,57-27-. The number of aromatic nitrogens is 3. The van der Waals surface area contributed by atoms with Gasteiger partial charge in [-0.3, -0.25) is 12.9 Å². The lowest BCUT2D eigenvalue weighted by Crippen LogP contribution is -2.55. The van der Waals surface area contributed by atoms with Crippen LogP contribution in [0.4, 0.5) is 79.0 Å². The first-order chi connectivity index (χ1) is 35.5. The van der Waals surface area contributed by atoms with Crippen molar-refractivity contribution < 1.29 is 131 Å². The van der Waals surface area contributed by atoms with Crippen LogP contribution < -0.4 is 31.3 Å². The second-order valence-electron chi connectivity index (χ2n) is 14.2. The highest BCUT2D eigenvalue weighted by Crippen LogP contribution is 2.32. The summed E-state index contributed by atoms with van der Waals surface area (Å²) >= 11 is 0. The van der Waals surface area contributed by atoms with Gasteiger partial charge in [-0.15, -0.1) is 0 Å². The maximum atomic E-state index is 13.6. The number of oxime groups is 3. The van der Waals surface area contributed by atoms with Crippen LogP contribution in [0.2, 0.25) is 0 Å². The molecule has 0 radical (unpaired) electrons. The molecule has 0 N–H and O–H groups in total. The van der Waals surface area contributed by atoms with E-state index >= 15 is 0 Å². The second kappa shape index (κ2) is 23.2. The van der Waals surface area contributed by atoms with Crippen molar-refractivity contribution in [1.82, 2.24) is 13.7 Å². The Labute approximate surface area is 420 Å². The first-order valence-corrected chi connectivity index (χ1v) is 23.8. The molecule has 0 spiro atoms. The number of rotatable bonds is 21. The van der Waals surface area contributed by atoms with Crippen LogP contribution in [-0.4, -0.2) is 111 Å². The molecule has 3 aromatic carbocycles. The maximum Gasteiger partial charge on any atom is 0.536 e. The van der Waals surface area contributed by atoms with Crippen molar-refractivity contribution in [3.05, 3.63) is 121 Å². The van der Waals surface area contributed by atoms with Gasteiger partial charge in [0.25, 0.3) is 0 Å². The van der Waals surface area contributed by atoms with Gasteiger partial charge in [-0.2, -0.15) is 104 Å². The minimum absolute atomic E-state index is 0.282. The van der Waals surface area contributed by atoms with Crippen molar-refractivity contribution in [3.63, 3.8) is 0 Å². The molecule has 0 aliphatic carbocycles. The van der Waals surface area contributed by atoms with Crippen LogP contribution in [0.5, 0.6) is 17.2 Å². The summed E-state index contributed by atoms with van der Waals surface area (Å²) < 4.78 is 328. The number of alkyl halides is 18. The first-order valence-electron chi connectivity index (χ1n) is 19.6. The number of hydrogen-bond donors (Lipinski definition) is 0. The Balaban J connectivity index is 1.63. The molecule has 78 heavy (non-hydrogen) atoms. The predicted octanol–water partition coefficient (Wildman–Crippen LogP) is 5.81. The predicted molar refractivity (Wildman–Crippen MR) is 221 cm³/mol. The lowest BCUT2D eigenvalue weighted by atomic mass is 10.1. The van der Waals surface area contributed by atoms with Crippen LogP contribution in [0.1, 0.15) is 16.7 Å². The molecular formula is C36H24F18N6O15S3. The van der Waals surface area contributed by atoms with E-state index in [0.717, 1.165) is 0 Å². The van der Waals surface area contributed by atoms with Crippen molar-refractivity contribution in [2.24, 2.45) is 15.5 Å². The molecule has 0 bridgehead atoms. The first kappa shape index (κ1) is 63.0. The third-order valence-corrected chi connectivity index (χ3v) is 11.4. The summed E-state index contributed by atoms with van der Waals surface area (Å²) in [5.41, 5.74) is -33.1. The fourth-order valence-electron chi connectivity index (χ4n) is 5.34. The summed E-state index contributed by atoms with van der Waals surface area (Å²) in [4.78, 5) is 40.7. The molecule has 4 rings (SSSR count). The zero-order valence-electron chi connectivity index (χ0n) is 37.0. The zero-order chi connectivity index (χ0) is 59.3. The van der Waals surface area contributed by atoms with Crippen LogP contribution in [0, 0.1) is 0 Å². The van der Waals surface area contributed by atoms with Gasteiger partial charge in [-0.05, 0) is 72.8 Å². The molecule has 0 amide bonds. The van der Waals surface area contributed by atoms with E-state index in [1.54, 1.807) is 0 Å². The molecular weight excluding hydrogens is 1190 g/mol. The smallest absolute Gasteiger partial charge is 0.492 e. The molecule has 0 saturated carbocycles. The quantitative estimate of drug-likeness (QED) is 0.0413. The normalized spacial score (nSPS) is 14.0. The van der Waals surface area contributed by atoms with E-state index in [-0.39, 0.29) is 13.7 Å². The summed E-state index contributed by atoms with van der Waals surface area (Å²) in [6.45, 7) is -5.06. The van der Waals surface area contributed by atoms with E-state index in [0.29, 0.717) is 72.8 Å². The molecule has 432 valence electrons. The van der Waals surface area contributed by atoms with Crippen LogP contribution in [0.3, 0.4) is 0 Å². The van der Waals surface area contributed by atoms with Crippen molar-refractivity contribution in [3.8, 4) is 17.2 Å². The zero-order valence-corrected chi connectivity index (χ0v) is 39.5. The van der Waals surface area contributed by atoms with E-state index in [1.165, 1.54) is 0 Å². The molecule has 0 unspecified atom stereocenters. The molecule has 4 aromatic rings. The molecule has 42 heteroatoms. The van der Waals surface area contributed by atoms with E-state index in [2.05, 4.69) is 28.3 Å². The fraction of sp³-hybridized carbons (Fsp3) is 0.333. The summed E-state index contributed by atoms with van der Waals surface area (Å²) in [6.07, 6.45) is -16.9. The Morgan fingerprint density at radius 1 is 0.359 bits per heavy atom. The molecule has 1 heterocycles. The van der Waals surface area contributed by atoms with Crippen molar-refractivity contribution >= 4 is 47.5 Å². The summed E-state index contributed by atoms with van der Waals surface area (Å²) in [7, 11) is -20.0. The minimum atomic E-state index is -6.65. The Bertz CT molecular complexity index is 3030. The maximum absolute atomic E-state index is 13.6. The van der Waals surface area contributed by atoms with Gasteiger partial charge in [0.2, 0.25) is 0 Å². The molecule has 21 nitrogen and oxygen atoms in total. The molecule has 0 saturated heterocycles. The van der Waals surface area contributed by atoms with Crippen molar-refractivity contribution in [2.75, 3.05) is 19.8 Å². The average molecular weight is 1220 g/mol. The van der Waals surface area contributed by atoms with Crippen LogP contribution >= 0.6 is 0 Å². The third kappa shape index (κ3) is 16.0. The molecule has 0 aliphatic rings. The summed E-state index contributed by atoms with van der Waals surface area (Å²) in [6, 6.07) is 7.21. The molecule has 0 fully saturated rings. The van der Waals surface area contributed by atoms with Crippen LogP contribution in [-0.2, 0) is 62.8 Å². The number of nitrogens with zero attached hydrogens (tertiary/aromatic N) is 6. The van der Waals surface area contributed by atoms with Gasteiger partial charge < -0.3 is 14.2 Å². The Morgan fingerprint density at radius 3 is 0.718 bits per heavy atom. The summed E-state index contributed by atoms with van der Waals surface area (Å²) in [5.74, 6) is -1.24. The number of hydrogen-bond acceptors (Lipinski definition) is 18. The van der Waals surface area contributed by atoms with Crippen LogP contribution in [0.25, 0.3) is 0 Å². The Kier molecular flexibility index (Phi) is 18.7. The van der Waals surface area contributed by atoms with Gasteiger partial charge in [0.15, 0.2) is 17.1 Å². The van der Waals surface area contributed by atoms with Gasteiger partial charge in [0, 0.05) is 16.7 Å². The number of benzene rings is 3. The van der Waals surface area contributed by atoms with E-state index in [4.69, 9.17) is 14.2 Å². The van der Waals surface area contributed by atoms with Gasteiger partial charge in [0.1, 0.15) is 37.1 Å². The monoisotopic (exact) mass is 1220 g/mol. The van der Waals surface area contributed by atoms with E-state index < -0.39 is 173 Å². The third-order valence-electron chi connectivity index (χ3n) is 8.86. The summed E-state index contributed by atoms with van der Waals surface area (Å²) in [5, 5.41) is 6.20. The highest BCUT2D eigenvalue weighted by atomic mass is 32.2. The second-order valence-corrected chi connectivity index (χ2v) is 18.7. The fourth-order valence-corrected chi connectivity index (χ4v) is 6.11. The van der Waals surface area contributed by atoms with E-state index in [9.17, 15) is 119 Å². The largest absolute Gasteiger partial charge is 0.536 e. The van der Waals surface area contributed by atoms with Crippen molar-refractivity contribution in [2.45, 2.75) is 54.7 Å². The van der Waals surface area contributed by atoms with Gasteiger partial charge >= 0.3 is 82.5 Å². The molecule has 1 aromatic heterocycles. The van der Waals surface area contributed by atoms with Crippen LogP contribution in [0.15, 0.2) is 103 Å². The number of halogens is 18. The Hall–Kier alpha value is -7.53. The van der Waals surface area contributed by atoms with Gasteiger partial charge in [-0.1, -0.05) is 15.5 Å². The minimum Gasteiger partial charge on any atom is -0.492 e. The highest BCUT2D eigenvalue weighted by molar-refractivity contribution is 7.88. The van der Waals surface area contributed by atoms with E-state index in [1.807, 2.05) is 0 Å². The lowest BCUT2D eigenvalue weighted by molar-refractivity contribution is -0.0636. The Morgan fingerprint density at radius 2 is 0.551 bits per heavy atom. The highest BCUT2D eigenvalue weighted by Gasteiger charge is 2.52. The van der Waals surface area contributed by atoms with Crippen molar-refractivity contribution in [1.29, 1.82) is 0 Å². The van der Waals surface area contributed by atoms with Gasteiger partial charge in [-0.25, -0.2) is 28.1 Å². The molecule has 0 aliphatic heterocycles. The lowest BCUT2D eigenvalue weighted by Gasteiger charge is -2.16. The topological polar surface area (TPSA) is 261 Å². The van der Waals surface area contributed by atoms with Gasteiger partial charge in [0.05, 0.1) is 19.6 Å². The average Bonchev–Trinajstić information content (AvgIpc) is 3.28. The SMILES string of the molecule is O=c1n(CCOc2ccc(/C(=N/OS(=O)(=O)C(F)(F)F)C(F)(F)F)cc2)c(=O)n(CCOc2ccc(/C(=N/OS(=O)(=O)C(F)(F)F)C(F)(F)F)cc2)c(=O)n1CCOc1ccc(/C(=N/OS(=O)(=O)C(F)(F)F)C(F)(F)F)cc1. The molecule has 0 atom stereocenters.